The van der Waals surface area contributed by atoms with E-state index in [0.29, 0.717) is 5.69 Å². The van der Waals surface area contributed by atoms with Crippen molar-refractivity contribution in [2.24, 2.45) is 0 Å². The molecule has 1 heterocycles. The van der Waals surface area contributed by atoms with Gasteiger partial charge in [0.25, 0.3) is 0 Å². The summed E-state index contributed by atoms with van der Waals surface area (Å²) < 4.78 is 4.58. The highest BCUT2D eigenvalue weighted by Crippen LogP contribution is 2.25. The van der Waals surface area contributed by atoms with Crippen LogP contribution >= 0.6 is 0 Å². The average Bonchev–Trinajstić information content (AvgIpc) is 2.28. The molecule has 0 aromatic heterocycles. The number of rotatable bonds is 2. The van der Waals surface area contributed by atoms with Crippen LogP contribution in [-0.4, -0.2) is 25.5 Å². The highest BCUT2D eigenvalue weighted by Gasteiger charge is 2.14. The van der Waals surface area contributed by atoms with Crippen LogP contribution in [0, 0.1) is 0 Å². The maximum Gasteiger partial charge on any atom is 0.309 e. The number of esters is 1. The van der Waals surface area contributed by atoms with Gasteiger partial charge in [-0.2, -0.15) is 0 Å². The summed E-state index contributed by atoms with van der Waals surface area (Å²) in [5.41, 5.74) is 2.39. The fourth-order valence-electron chi connectivity index (χ4n) is 1.57. The molecule has 0 saturated carbocycles. The number of fused-ring (bicyclic) bond motifs is 1. The minimum Gasteiger partial charge on any atom is -0.469 e. The lowest BCUT2D eigenvalue weighted by Crippen LogP contribution is -2.27. The molecule has 0 atom stereocenters. The minimum atomic E-state index is -0.296. The monoisotopic (exact) mass is 220 g/mol. The van der Waals surface area contributed by atoms with Gasteiger partial charge in [0, 0.05) is 0 Å². The van der Waals surface area contributed by atoms with Gasteiger partial charge in [-0.15, -0.1) is 0 Å². The zero-order chi connectivity index (χ0) is 11.5. The third-order valence-electron chi connectivity index (χ3n) is 2.37. The highest BCUT2D eigenvalue weighted by molar-refractivity contribution is 6.00. The standard InChI is InChI=1S/C11H12N2O3/c1-16-11(15)5-7-2-3-8-9(4-7)13-10(14)6-12-8/h2-4,12H,5-6H2,1H3,(H,13,14). The Bertz CT molecular complexity index is 443. The molecule has 0 aliphatic carbocycles. The Labute approximate surface area is 92.8 Å². The summed E-state index contributed by atoms with van der Waals surface area (Å²) in [4.78, 5) is 22.2. The number of carbonyl (C=O) groups is 2. The van der Waals surface area contributed by atoms with E-state index in [1.807, 2.05) is 12.1 Å². The third-order valence-corrected chi connectivity index (χ3v) is 2.37. The number of anilines is 2. The van der Waals surface area contributed by atoms with Crippen LogP contribution in [0.1, 0.15) is 5.56 Å². The molecule has 0 spiro atoms. The summed E-state index contributed by atoms with van der Waals surface area (Å²) in [6, 6.07) is 5.45. The van der Waals surface area contributed by atoms with E-state index in [-0.39, 0.29) is 24.8 Å². The van der Waals surface area contributed by atoms with Crippen molar-refractivity contribution in [1.82, 2.24) is 0 Å². The fraction of sp³-hybridized carbons (Fsp3) is 0.273. The van der Waals surface area contributed by atoms with E-state index in [1.165, 1.54) is 7.11 Å². The summed E-state index contributed by atoms with van der Waals surface area (Å²) in [7, 11) is 1.35. The molecule has 1 aromatic rings. The van der Waals surface area contributed by atoms with Crippen LogP contribution in [0.15, 0.2) is 18.2 Å². The molecular formula is C11H12N2O3. The maximum atomic E-state index is 11.2. The van der Waals surface area contributed by atoms with E-state index < -0.39 is 0 Å². The molecular weight excluding hydrogens is 208 g/mol. The number of ether oxygens (including phenoxy) is 1. The number of carbonyl (C=O) groups excluding carboxylic acids is 2. The molecule has 1 aromatic carbocycles. The van der Waals surface area contributed by atoms with Crippen molar-refractivity contribution in [3.8, 4) is 0 Å². The van der Waals surface area contributed by atoms with Gasteiger partial charge >= 0.3 is 5.97 Å². The van der Waals surface area contributed by atoms with Crippen molar-refractivity contribution in [2.45, 2.75) is 6.42 Å². The molecule has 0 fully saturated rings. The maximum absolute atomic E-state index is 11.2. The predicted molar refractivity (Wildman–Crippen MR) is 59.3 cm³/mol. The second-order valence-corrected chi connectivity index (χ2v) is 3.53. The van der Waals surface area contributed by atoms with Crippen LogP contribution in [-0.2, 0) is 20.7 Å². The van der Waals surface area contributed by atoms with Crippen LogP contribution < -0.4 is 10.6 Å². The van der Waals surface area contributed by atoms with Crippen LogP contribution in [0.25, 0.3) is 0 Å². The second kappa shape index (κ2) is 4.22. The molecule has 5 nitrogen and oxygen atoms in total. The van der Waals surface area contributed by atoms with Crippen LogP contribution in [0.5, 0.6) is 0 Å². The molecule has 5 heteroatoms. The average molecular weight is 220 g/mol. The Balaban J connectivity index is 2.21. The van der Waals surface area contributed by atoms with Gasteiger partial charge < -0.3 is 15.4 Å². The normalized spacial score (nSPS) is 13.4. The molecule has 1 amide bonds. The predicted octanol–water partition coefficient (Wildman–Crippen LogP) is 0.766. The van der Waals surface area contributed by atoms with E-state index in [2.05, 4.69) is 15.4 Å². The van der Waals surface area contributed by atoms with Crippen molar-refractivity contribution in [3.05, 3.63) is 23.8 Å². The number of nitrogens with one attached hydrogen (secondary N) is 2. The van der Waals surface area contributed by atoms with Gasteiger partial charge in [0.2, 0.25) is 5.91 Å². The van der Waals surface area contributed by atoms with Crippen molar-refractivity contribution in [3.63, 3.8) is 0 Å². The summed E-state index contributed by atoms with van der Waals surface area (Å²) in [5.74, 6) is -0.377. The lowest BCUT2D eigenvalue weighted by atomic mass is 10.1. The largest absolute Gasteiger partial charge is 0.469 e. The lowest BCUT2D eigenvalue weighted by molar-refractivity contribution is -0.139. The Morgan fingerprint density at radius 1 is 1.44 bits per heavy atom. The second-order valence-electron chi connectivity index (χ2n) is 3.53. The molecule has 1 aliphatic heterocycles. The third kappa shape index (κ3) is 2.13. The number of benzene rings is 1. The van der Waals surface area contributed by atoms with Crippen LogP contribution in [0.2, 0.25) is 0 Å². The summed E-state index contributed by atoms with van der Waals surface area (Å²) >= 11 is 0. The first-order valence-electron chi connectivity index (χ1n) is 4.92. The first-order valence-corrected chi connectivity index (χ1v) is 4.92. The highest BCUT2D eigenvalue weighted by atomic mass is 16.5. The summed E-state index contributed by atoms with van der Waals surface area (Å²) in [6.45, 7) is 0.281. The van der Waals surface area contributed by atoms with Crippen molar-refractivity contribution >= 4 is 23.3 Å². The molecule has 0 unspecified atom stereocenters. The first kappa shape index (κ1) is 10.5. The van der Waals surface area contributed by atoms with Gasteiger partial charge in [-0.25, -0.2) is 0 Å². The van der Waals surface area contributed by atoms with E-state index >= 15 is 0 Å². The number of methoxy groups -OCH3 is 1. The molecule has 1 aliphatic rings. The quantitative estimate of drug-likeness (QED) is 0.722. The molecule has 0 saturated heterocycles. The molecule has 2 N–H and O–H groups in total. The topological polar surface area (TPSA) is 67.4 Å². The summed E-state index contributed by atoms with van der Waals surface area (Å²) in [5, 5.41) is 5.72. The summed E-state index contributed by atoms with van der Waals surface area (Å²) in [6.07, 6.45) is 0.208. The number of amides is 1. The Hall–Kier alpha value is -2.04. The van der Waals surface area contributed by atoms with Gasteiger partial charge in [-0.1, -0.05) is 6.07 Å². The fourth-order valence-corrected chi connectivity index (χ4v) is 1.57. The molecule has 2 rings (SSSR count). The number of hydrogen-bond acceptors (Lipinski definition) is 4. The van der Waals surface area contributed by atoms with Gasteiger partial charge in [-0.3, -0.25) is 9.59 Å². The van der Waals surface area contributed by atoms with Gasteiger partial charge in [0.05, 0.1) is 31.5 Å². The van der Waals surface area contributed by atoms with Crippen LogP contribution in [0.4, 0.5) is 11.4 Å². The van der Waals surface area contributed by atoms with Crippen molar-refractivity contribution < 1.29 is 14.3 Å². The number of hydrogen-bond donors (Lipinski definition) is 2. The lowest BCUT2D eigenvalue weighted by Gasteiger charge is -2.19. The smallest absolute Gasteiger partial charge is 0.309 e. The van der Waals surface area contributed by atoms with Crippen molar-refractivity contribution in [2.75, 3.05) is 24.3 Å². The first-order chi connectivity index (χ1) is 7.69. The zero-order valence-electron chi connectivity index (χ0n) is 8.87. The zero-order valence-corrected chi connectivity index (χ0v) is 8.87. The Morgan fingerprint density at radius 3 is 3.00 bits per heavy atom. The Morgan fingerprint density at radius 2 is 2.25 bits per heavy atom. The molecule has 84 valence electrons. The van der Waals surface area contributed by atoms with E-state index in [1.54, 1.807) is 6.07 Å². The molecule has 16 heavy (non-hydrogen) atoms. The molecule has 0 radical (unpaired) electrons. The molecule has 0 bridgehead atoms. The Kier molecular flexibility index (Phi) is 2.76. The van der Waals surface area contributed by atoms with E-state index in [0.717, 1.165) is 11.3 Å². The SMILES string of the molecule is COC(=O)Cc1ccc2c(c1)NC(=O)CN2. The van der Waals surface area contributed by atoms with E-state index in [9.17, 15) is 9.59 Å². The minimum absolute atomic E-state index is 0.0808. The van der Waals surface area contributed by atoms with Gasteiger partial charge in [-0.05, 0) is 17.7 Å². The van der Waals surface area contributed by atoms with Crippen LogP contribution in [0.3, 0.4) is 0 Å². The van der Waals surface area contributed by atoms with Crippen molar-refractivity contribution in [1.29, 1.82) is 0 Å². The van der Waals surface area contributed by atoms with E-state index in [4.69, 9.17) is 0 Å². The van der Waals surface area contributed by atoms with Gasteiger partial charge in [0.1, 0.15) is 0 Å². The van der Waals surface area contributed by atoms with Gasteiger partial charge in [0.15, 0.2) is 0 Å².